The normalized spacial score (nSPS) is 11.5. The Bertz CT molecular complexity index is 285. The van der Waals surface area contributed by atoms with E-state index in [2.05, 4.69) is 6.92 Å². The Morgan fingerprint density at radius 1 is 0.870 bits per heavy atom. The van der Waals surface area contributed by atoms with Gasteiger partial charge in [0, 0.05) is 6.08 Å². The summed E-state index contributed by atoms with van der Waals surface area (Å²) in [6.07, 6.45) is 17.7. The highest BCUT2D eigenvalue weighted by atomic mass is 16.6. The van der Waals surface area contributed by atoms with Crippen LogP contribution in [0.15, 0.2) is 12.2 Å². The molecule has 0 unspecified atom stereocenters. The van der Waals surface area contributed by atoms with Gasteiger partial charge < -0.3 is 14.9 Å². The number of aliphatic hydroxyl groups excluding tert-OH is 2. The van der Waals surface area contributed by atoms with Crippen LogP contribution >= 0.6 is 0 Å². The van der Waals surface area contributed by atoms with E-state index in [0.717, 1.165) is 12.8 Å². The summed E-state index contributed by atoms with van der Waals surface area (Å²) >= 11 is 0. The van der Waals surface area contributed by atoms with E-state index < -0.39 is 12.1 Å². The second-order valence-electron chi connectivity index (χ2n) is 6.15. The summed E-state index contributed by atoms with van der Waals surface area (Å²) in [5, 5.41) is 17.6. The molecular weight excluding hydrogens is 292 g/mol. The fraction of sp³-hybridized carbons (Fsp3) is 0.842. The molecule has 0 bridgehead atoms. The Hall–Kier alpha value is -0.870. The van der Waals surface area contributed by atoms with Gasteiger partial charge in [-0.3, -0.25) is 0 Å². The smallest absolute Gasteiger partial charge is 0.330 e. The molecule has 4 nitrogen and oxygen atoms in total. The van der Waals surface area contributed by atoms with Crippen molar-refractivity contribution in [3.05, 3.63) is 12.2 Å². The highest BCUT2D eigenvalue weighted by molar-refractivity contribution is 5.82. The van der Waals surface area contributed by atoms with Crippen LogP contribution in [0.2, 0.25) is 0 Å². The molecule has 0 aromatic heterocycles. The van der Waals surface area contributed by atoms with Gasteiger partial charge in [-0.1, -0.05) is 77.2 Å². The molecule has 0 aliphatic heterocycles. The molecule has 0 heterocycles. The molecule has 136 valence electrons. The number of carbonyl (C=O) groups excluding carboxylic acids is 1. The topological polar surface area (TPSA) is 66.8 Å². The van der Waals surface area contributed by atoms with Crippen molar-refractivity contribution < 1.29 is 19.7 Å². The highest BCUT2D eigenvalue weighted by Crippen LogP contribution is 2.12. The molecule has 0 saturated heterocycles. The van der Waals surface area contributed by atoms with E-state index in [1.807, 2.05) is 6.08 Å². The van der Waals surface area contributed by atoms with Crippen LogP contribution in [0.1, 0.15) is 84.0 Å². The predicted octanol–water partition coefficient (Wildman–Crippen LogP) is 4.14. The Morgan fingerprint density at radius 3 is 1.83 bits per heavy atom. The molecule has 0 aromatic carbocycles. The molecule has 0 fully saturated rings. The number of allylic oxidation sites excluding steroid dienone is 1. The van der Waals surface area contributed by atoms with E-state index >= 15 is 0 Å². The molecule has 2 N–H and O–H groups in total. The van der Waals surface area contributed by atoms with Crippen molar-refractivity contribution in [1.82, 2.24) is 0 Å². The maximum absolute atomic E-state index is 11.3. The number of esters is 1. The van der Waals surface area contributed by atoms with Gasteiger partial charge in [0.25, 0.3) is 0 Å². The van der Waals surface area contributed by atoms with Crippen molar-refractivity contribution in [1.29, 1.82) is 0 Å². The van der Waals surface area contributed by atoms with Crippen molar-refractivity contribution in [2.75, 3.05) is 13.2 Å². The van der Waals surface area contributed by atoms with Gasteiger partial charge in [0.15, 0.2) is 0 Å². The third-order valence-electron chi connectivity index (χ3n) is 3.92. The van der Waals surface area contributed by atoms with Crippen LogP contribution in [0.4, 0.5) is 0 Å². The first kappa shape index (κ1) is 22.1. The SMILES string of the molecule is CCCCCCCCCCCCCC=CC(=O)OC(CO)CO. The molecule has 4 heteroatoms. The number of rotatable bonds is 16. The van der Waals surface area contributed by atoms with Crippen molar-refractivity contribution in [3.8, 4) is 0 Å². The lowest BCUT2D eigenvalue weighted by molar-refractivity contribution is -0.147. The summed E-state index contributed by atoms with van der Waals surface area (Å²) in [6, 6.07) is 0. The summed E-state index contributed by atoms with van der Waals surface area (Å²) in [5.74, 6) is -0.499. The minimum Gasteiger partial charge on any atom is -0.454 e. The van der Waals surface area contributed by atoms with Crippen molar-refractivity contribution in [2.24, 2.45) is 0 Å². The summed E-state index contributed by atoms with van der Waals surface area (Å²) in [6.45, 7) is 1.54. The molecule has 0 spiro atoms. The fourth-order valence-electron chi connectivity index (χ4n) is 2.44. The molecule has 0 saturated carbocycles. The molecule has 23 heavy (non-hydrogen) atoms. The zero-order valence-corrected chi connectivity index (χ0v) is 14.8. The fourth-order valence-corrected chi connectivity index (χ4v) is 2.44. The second-order valence-corrected chi connectivity index (χ2v) is 6.15. The number of hydrogen-bond acceptors (Lipinski definition) is 4. The van der Waals surface area contributed by atoms with Gasteiger partial charge in [-0.25, -0.2) is 4.79 Å². The minimum absolute atomic E-state index is 0.352. The molecule has 0 aliphatic carbocycles. The number of aliphatic hydroxyl groups is 2. The third-order valence-corrected chi connectivity index (χ3v) is 3.92. The van der Waals surface area contributed by atoms with Gasteiger partial charge in [-0.2, -0.15) is 0 Å². The van der Waals surface area contributed by atoms with E-state index in [1.54, 1.807) is 0 Å². The van der Waals surface area contributed by atoms with Gasteiger partial charge in [-0.05, 0) is 12.8 Å². The zero-order chi connectivity index (χ0) is 17.2. The highest BCUT2D eigenvalue weighted by Gasteiger charge is 2.09. The Morgan fingerprint density at radius 2 is 1.35 bits per heavy atom. The van der Waals surface area contributed by atoms with Crippen LogP contribution < -0.4 is 0 Å². The molecular formula is C19H36O4. The standard InChI is InChI=1S/C19H36O4/c1-2-3-4-5-6-7-8-9-10-11-12-13-14-15-19(22)23-18(16-20)17-21/h14-15,18,20-21H,2-13,16-17H2,1H3. The number of carbonyl (C=O) groups is 1. The number of ether oxygens (including phenoxy) is 1. The van der Waals surface area contributed by atoms with Gasteiger partial charge >= 0.3 is 5.97 Å². The molecule has 0 amide bonds. The van der Waals surface area contributed by atoms with Crippen LogP contribution in [0, 0.1) is 0 Å². The maximum Gasteiger partial charge on any atom is 0.330 e. The van der Waals surface area contributed by atoms with Crippen molar-refractivity contribution in [2.45, 2.75) is 90.1 Å². The summed E-state index contributed by atoms with van der Waals surface area (Å²) in [5.41, 5.74) is 0. The van der Waals surface area contributed by atoms with Crippen molar-refractivity contribution in [3.63, 3.8) is 0 Å². The third kappa shape index (κ3) is 15.8. The van der Waals surface area contributed by atoms with Crippen LogP contribution in [-0.4, -0.2) is 35.5 Å². The Kier molecular flexibility index (Phi) is 16.8. The second kappa shape index (κ2) is 17.5. The minimum atomic E-state index is -0.811. The summed E-state index contributed by atoms with van der Waals surface area (Å²) < 4.78 is 4.83. The average molecular weight is 328 g/mol. The molecule has 0 aromatic rings. The lowest BCUT2D eigenvalue weighted by Crippen LogP contribution is -2.24. The Balaban J connectivity index is 3.32. The Labute approximate surface area is 141 Å². The number of unbranched alkanes of at least 4 members (excludes halogenated alkanes) is 11. The lowest BCUT2D eigenvalue weighted by Gasteiger charge is -2.10. The predicted molar refractivity (Wildman–Crippen MR) is 94.3 cm³/mol. The van der Waals surface area contributed by atoms with Crippen molar-refractivity contribution >= 4 is 5.97 Å². The first-order chi connectivity index (χ1) is 11.2. The molecule has 0 rings (SSSR count). The van der Waals surface area contributed by atoms with Crippen LogP contribution in [0.5, 0.6) is 0 Å². The van der Waals surface area contributed by atoms with Crippen LogP contribution in [0.3, 0.4) is 0 Å². The number of hydrogen-bond donors (Lipinski definition) is 2. The summed E-state index contributed by atoms with van der Waals surface area (Å²) in [4.78, 5) is 11.3. The quantitative estimate of drug-likeness (QED) is 0.254. The average Bonchev–Trinajstić information content (AvgIpc) is 2.56. The van der Waals surface area contributed by atoms with Crippen LogP contribution in [0.25, 0.3) is 0 Å². The zero-order valence-electron chi connectivity index (χ0n) is 14.8. The first-order valence-corrected chi connectivity index (χ1v) is 9.33. The van der Waals surface area contributed by atoms with E-state index in [-0.39, 0.29) is 13.2 Å². The van der Waals surface area contributed by atoms with E-state index in [1.165, 1.54) is 70.3 Å². The van der Waals surface area contributed by atoms with Gasteiger partial charge in [0.05, 0.1) is 13.2 Å². The van der Waals surface area contributed by atoms with Crippen LogP contribution in [-0.2, 0) is 9.53 Å². The first-order valence-electron chi connectivity index (χ1n) is 9.33. The van der Waals surface area contributed by atoms with Gasteiger partial charge in [0.1, 0.15) is 6.10 Å². The van der Waals surface area contributed by atoms with Gasteiger partial charge in [0.2, 0.25) is 0 Å². The molecule has 0 radical (unpaired) electrons. The molecule has 0 aliphatic rings. The van der Waals surface area contributed by atoms with Gasteiger partial charge in [-0.15, -0.1) is 0 Å². The van der Waals surface area contributed by atoms with E-state index in [9.17, 15) is 4.79 Å². The maximum atomic E-state index is 11.3. The monoisotopic (exact) mass is 328 g/mol. The lowest BCUT2D eigenvalue weighted by atomic mass is 10.1. The largest absolute Gasteiger partial charge is 0.454 e. The summed E-state index contributed by atoms with van der Waals surface area (Å²) in [7, 11) is 0. The molecule has 0 atom stereocenters. The van der Waals surface area contributed by atoms with E-state index in [4.69, 9.17) is 14.9 Å². The van der Waals surface area contributed by atoms with E-state index in [0.29, 0.717) is 0 Å².